The maximum Gasteiger partial charge on any atom is 0.410 e. The number of rotatable bonds is 4. The van der Waals surface area contributed by atoms with E-state index in [-0.39, 0.29) is 22.3 Å². The second kappa shape index (κ2) is 8.94. The quantitative estimate of drug-likeness (QED) is 0.326. The Morgan fingerprint density at radius 2 is 1.78 bits per heavy atom. The molecule has 0 fully saturated rings. The van der Waals surface area contributed by atoms with Crippen LogP contribution in [-0.4, -0.2) is 26.3 Å². The molecular formula is C23H26Br2N4O3. The van der Waals surface area contributed by atoms with Gasteiger partial charge in [-0.1, -0.05) is 74.8 Å². The lowest BCUT2D eigenvalue weighted by molar-refractivity contribution is 0.209. The molecule has 0 unspecified atom stereocenters. The largest absolute Gasteiger partial charge is 0.465 e. The highest BCUT2D eigenvalue weighted by Crippen LogP contribution is 2.43. The van der Waals surface area contributed by atoms with Crippen molar-refractivity contribution >= 4 is 43.8 Å². The van der Waals surface area contributed by atoms with Crippen LogP contribution >= 0.6 is 31.9 Å². The van der Waals surface area contributed by atoms with Gasteiger partial charge >= 0.3 is 6.09 Å². The smallest absolute Gasteiger partial charge is 0.410 e. The summed E-state index contributed by atoms with van der Waals surface area (Å²) < 4.78 is 6.07. The van der Waals surface area contributed by atoms with Gasteiger partial charge < -0.3 is 9.63 Å². The number of benzene rings is 1. The van der Waals surface area contributed by atoms with Crippen LogP contribution in [0.4, 0.5) is 10.6 Å². The molecule has 9 heteroatoms. The van der Waals surface area contributed by atoms with E-state index in [4.69, 9.17) is 9.63 Å². The van der Waals surface area contributed by atoms with E-state index in [1.807, 2.05) is 0 Å². The topological polar surface area (TPSA) is 101 Å². The molecule has 0 saturated carbocycles. The molecule has 0 radical (unpaired) electrons. The number of nitrogens with zero attached hydrogens (tertiary/aromatic N) is 3. The standard InChI is InChI=1S/C23H26Br2N4O3/c1-22(2,3)17-12(10-24)7-8-13(18(17)23(4,5)6)14-9-15(32-29-14)19-20(28-21(30)31)26-11-16(25)27-19/h7-9,11H,10H2,1-6H3,(H,26,28)(H,30,31). The molecule has 1 aromatic carbocycles. The van der Waals surface area contributed by atoms with Gasteiger partial charge in [0.2, 0.25) is 0 Å². The van der Waals surface area contributed by atoms with E-state index in [2.05, 4.69) is 106 Å². The second-order valence-corrected chi connectivity index (χ2v) is 10.9. The molecule has 32 heavy (non-hydrogen) atoms. The van der Waals surface area contributed by atoms with Gasteiger partial charge in [0.1, 0.15) is 10.3 Å². The number of nitrogens with one attached hydrogen (secondary N) is 1. The van der Waals surface area contributed by atoms with Gasteiger partial charge in [-0.3, -0.25) is 5.32 Å². The van der Waals surface area contributed by atoms with Gasteiger partial charge in [-0.05, 0) is 43.5 Å². The van der Waals surface area contributed by atoms with Crippen LogP contribution in [0.3, 0.4) is 0 Å². The number of halogens is 2. The number of hydrogen-bond acceptors (Lipinski definition) is 5. The Labute approximate surface area is 204 Å². The van der Waals surface area contributed by atoms with Crippen molar-refractivity contribution < 1.29 is 14.4 Å². The third-order valence-electron chi connectivity index (χ3n) is 4.92. The minimum absolute atomic E-state index is 0.0736. The number of anilines is 1. The summed E-state index contributed by atoms with van der Waals surface area (Å²) in [5.74, 6) is 0.392. The highest BCUT2D eigenvalue weighted by Gasteiger charge is 2.31. The number of alkyl halides is 1. The molecule has 1 amide bonds. The Morgan fingerprint density at radius 3 is 2.34 bits per heavy atom. The fourth-order valence-corrected chi connectivity index (χ4v) is 4.60. The van der Waals surface area contributed by atoms with E-state index in [9.17, 15) is 4.79 Å². The number of carboxylic acid groups (broad SMARTS) is 1. The number of amides is 1. The van der Waals surface area contributed by atoms with Crippen LogP contribution in [0, 0.1) is 0 Å². The third-order valence-corrected chi connectivity index (χ3v) is 5.91. The molecule has 0 bridgehead atoms. The minimum atomic E-state index is -1.24. The van der Waals surface area contributed by atoms with E-state index < -0.39 is 6.09 Å². The molecule has 170 valence electrons. The van der Waals surface area contributed by atoms with Crippen LogP contribution in [0.2, 0.25) is 0 Å². The van der Waals surface area contributed by atoms with Crippen molar-refractivity contribution in [3.8, 4) is 22.7 Å². The maximum atomic E-state index is 11.2. The Kier molecular flexibility index (Phi) is 6.81. The molecule has 0 aliphatic carbocycles. The molecule has 0 saturated heterocycles. The second-order valence-electron chi connectivity index (χ2n) is 9.55. The highest BCUT2D eigenvalue weighted by atomic mass is 79.9. The van der Waals surface area contributed by atoms with Crippen LogP contribution in [0.15, 0.2) is 33.5 Å². The van der Waals surface area contributed by atoms with Gasteiger partial charge in [0, 0.05) is 17.0 Å². The first kappa shape index (κ1) is 24.4. The van der Waals surface area contributed by atoms with E-state index in [1.165, 1.54) is 22.9 Å². The van der Waals surface area contributed by atoms with Crippen LogP contribution in [0.5, 0.6) is 0 Å². The average Bonchev–Trinajstić information content (AvgIpc) is 3.16. The van der Waals surface area contributed by atoms with Crippen LogP contribution in [-0.2, 0) is 16.2 Å². The Bertz CT molecular complexity index is 1160. The molecule has 7 nitrogen and oxygen atoms in total. The third kappa shape index (κ3) is 5.04. The number of aromatic nitrogens is 3. The zero-order valence-corrected chi connectivity index (χ0v) is 22.0. The highest BCUT2D eigenvalue weighted by molar-refractivity contribution is 9.10. The van der Waals surface area contributed by atoms with Crippen molar-refractivity contribution in [1.82, 2.24) is 15.1 Å². The predicted molar refractivity (Wildman–Crippen MR) is 132 cm³/mol. The lowest BCUT2D eigenvalue weighted by atomic mass is 9.71. The molecule has 0 spiro atoms. The molecule has 2 N–H and O–H groups in total. The van der Waals surface area contributed by atoms with Crippen molar-refractivity contribution in [1.29, 1.82) is 0 Å². The minimum Gasteiger partial charge on any atom is -0.465 e. The maximum absolute atomic E-state index is 11.2. The SMILES string of the molecule is CC(C)(C)c1c(CBr)ccc(-c2cc(-c3nc(Br)cnc3NC(=O)O)on2)c1C(C)(C)C. The zero-order valence-electron chi connectivity index (χ0n) is 18.9. The number of carbonyl (C=O) groups is 1. The van der Waals surface area contributed by atoms with E-state index in [0.717, 1.165) is 10.9 Å². The van der Waals surface area contributed by atoms with Crippen molar-refractivity contribution in [3.63, 3.8) is 0 Å². The summed E-state index contributed by atoms with van der Waals surface area (Å²) in [6, 6.07) is 5.95. The van der Waals surface area contributed by atoms with Gasteiger partial charge in [0.05, 0.1) is 6.20 Å². The molecule has 3 rings (SSSR count). The van der Waals surface area contributed by atoms with Crippen molar-refractivity contribution in [2.24, 2.45) is 0 Å². The summed E-state index contributed by atoms with van der Waals surface area (Å²) in [5.41, 5.74) is 5.36. The number of hydrogen-bond donors (Lipinski definition) is 2. The summed E-state index contributed by atoms with van der Waals surface area (Å²) in [5, 5.41) is 16.5. The summed E-state index contributed by atoms with van der Waals surface area (Å²) >= 11 is 6.92. The fourth-order valence-electron chi connectivity index (χ4n) is 3.85. The normalized spacial score (nSPS) is 12.1. The first-order chi connectivity index (χ1) is 14.8. The van der Waals surface area contributed by atoms with Crippen LogP contribution in [0.1, 0.15) is 58.2 Å². The fraction of sp³-hybridized carbons (Fsp3) is 0.391. The average molecular weight is 566 g/mol. The van der Waals surface area contributed by atoms with Crippen molar-refractivity contribution in [3.05, 3.63) is 45.7 Å². The van der Waals surface area contributed by atoms with Gasteiger partial charge in [0.25, 0.3) is 0 Å². The Hall–Kier alpha value is -2.26. The van der Waals surface area contributed by atoms with Gasteiger partial charge in [0.15, 0.2) is 17.3 Å². The Balaban J connectivity index is 2.23. The van der Waals surface area contributed by atoms with E-state index >= 15 is 0 Å². The van der Waals surface area contributed by atoms with Crippen LogP contribution < -0.4 is 5.32 Å². The first-order valence-electron chi connectivity index (χ1n) is 10.1. The van der Waals surface area contributed by atoms with Crippen molar-refractivity contribution in [2.45, 2.75) is 57.7 Å². The van der Waals surface area contributed by atoms with E-state index in [0.29, 0.717) is 16.1 Å². The molecular weight excluding hydrogens is 540 g/mol. The summed E-state index contributed by atoms with van der Waals surface area (Å²) in [6.07, 6.45) is 0.177. The van der Waals surface area contributed by atoms with Gasteiger partial charge in [-0.25, -0.2) is 14.8 Å². The van der Waals surface area contributed by atoms with Gasteiger partial charge in [-0.2, -0.15) is 0 Å². The molecule has 0 atom stereocenters. The molecule has 2 aromatic heterocycles. The summed E-state index contributed by atoms with van der Waals surface area (Å²) in [4.78, 5) is 19.6. The molecule has 0 aliphatic heterocycles. The summed E-state index contributed by atoms with van der Waals surface area (Å²) in [7, 11) is 0. The van der Waals surface area contributed by atoms with E-state index in [1.54, 1.807) is 6.07 Å². The molecule has 2 heterocycles. The lowest BCUT2D eigenvalue weighted by Crippen LogP contribution is -2.25. The lowest BCUT2D eigenvalue weighted by Gasteiger charge is -2.34. The van der Waals surface area contributed by atoms with Crippen molar-refractivity contribution in [2.75, 3.05) is 5.32 Å². The molecule has 0 aliphatic rings. The zero-order chi connectivity index (χ0) is 23.8. The van der Waals surface area contributed by atoms with Gasteiger partial charge in [-0.15, -0.1) is 0 Å². The monoisotopic (exact) mass is 564 g/mol. The van der Waals surface area contributed by atoms with Crippen LogP contribution in [0.25, 0.3) is 22.7 Å². The molecule has 3 aromatic rings. The predicted octanol–water partition coefficient (Wildman–Crippen LogP) is 7.14. The first-order valence-corrected chi connectivity index (χ1v) is 12.0. The summed E-state index contributed by atoms with van der Waals surface area (Å²) in [6.45, 7) is 13.2. The Morgan fingerprint density at radius 1 is 1.12 bits per heavy atom.